The molecule has 0 aliphatic carbocycles. The van der Waals surface area contributed by atoms with E-state index < -0.39 is 0 Å². The lowest BCUT2D eigenvalue weighted by Crippen LogP contribution is -2.47. The van der Waals surface area contributed by atoms with E-state index in [1.165, 1.54) is 0 Å². The van der Waals surface area contributed by atoms with Crippen LogP contribution in [0.25, 0.3) is 0 Å². The highest BCUT2D eigenvalue weighted by Gasteiger charge is 2.21. The van der Waals surface area contributed by atoms with Gasteiger partial charge in [0.15, 0.2) is 0 Å². The molecule has 1 N–H and O–H groups in total. The summed E-state index contributed by atoms with van der Waals surface area (Å²) in [5, 5.41) is 2.38. The average Bonchev–Trinajstić information content (AvgIpc) is 2.39. The molecule has 0 radical (unpaired) electrons. The van der Waals surface area contributed by atoms with Gasteiger partial charge in [0.1, 0.15) is 0 Å². The summed E-state index contributed by atoms with van der Waals surface area (Å²) in [6, 6.07) is 7.45. The van der Waals surface area contributed by atoms with Crippen LogP contribution in [0.5, 0.6) is 0 Å². The number of hydrazine groups is 1. The Morgan fingerprint density at radius 2 is 2.00 bits per heavy atom. The number of benzene rings is 1. The van der Waals surface area contributed by atoms with Gasteiger partial charge in [0.05, 0.1) is 6.04 Å². The van der Waals surface area contributed by atoms with E-state index in [9.17, 15) is 4.79 Å². The van der Waals surface area contributed by atoms with Gasteiger partial charge >= 0.3 is 0 Å². The molecular formula is C13H16Cl2N2O. The molecule has 5 heteroatoms. The number of carbonyl (C=O) groups is 1. The summed E-state index contributed by atoms with van der Waals surface area (Å²) in [7, 11) is 0. The van der Waals surface area contributed by atoms with Crippen LogP contribution in [0.4, 0.5) is 0 Å². The first-order valence-corrected chi connectivity index (χ1v) is 7.00. The van der Waals surface area contributed by atoms with Gasteiger partial charge < -0.3 is 0 Å². The fourth-order valence-corrected chi connectivity index (χ4v) is 2.40. The fourth-order valence-electron chi connectivity index (χ4n) is 2.02. The first kappa shape index (κ1) is 13.7. The highest BCUT2D eigenvalue weighted by Crippen LogP contribution is 2.19. The second-order valence-electron chi connectivity index (χ2n) is 4.39. The topological polar surface area (TPSA) is 32.3 Å². The Hall–Kier alpha value is -0.770. The summed E-state index contributed by atoms with van der Waals surface area (Å²) >= 11 is 11.8. The van der Waals surface area contributed by atoms with Crippen LogP contribution in [0, 0.1) is 0 Å². The Morgan fingerprint density at radius 3 is 2.61 bits per heavy atom. The summed E-state index contributed by atoms with van der Waals surface area (Å²) in [5.41, 5.74) is 4.23. The van der Waals surface area contributed by atoms with Gasteiger partial charge in [-0.2, -0.15) is 0 Å². The van der Waals surface area contributed by atoms with Gasteiger partial charge in [-0.25, -0.2) is 5.43 Å². The Kier molecular flexibility index (Phi) is 4.87. The average molecular weight is 287 g/mol. The maximum atomic E-state index is 11.7. The predicted octanol–water partition coefficient (Wildman–Crippen LogP) is 3.14. The molecule has 1 heterocycles. The minimum absolute atomic E-state index is 0.0639. The Labute approximate surface area is 117 Å². The molecule has 1 amide bonds. The second-order valence-corrected chi connectivity index (χ2v) is 5.14. The number of hydrogen-bond acceptors (Lipinski definition) is 2. The van der Waals surface area contributed by atoms with Crippen LogP contribution in [0.1, 0.15) is 30.9 Å². The molecule has 1 aliphatic rings. The normalized spacial score (nSPS) is 17.9. The molecule has 98 valence electrons. The van der Waals surface area contributed by atoms with Crippen molar-refractivity contribution in [3.05, 3.63) is 34.9 Å². The van der Waals surface area contributed by atoms with E-state index >= 15 is 0 Å². The molecule has 1 saturated heterocycles. The summed E-state index contributed by atoms with van der Waals surface area (Å²) in [5.74, 6) is 0.552. The molecule has 0 unspecified atom stereocenters. The van der Waals surface area contributed by atoms with Gasteiger partial charge in [-0.1, -0.05) is 23.7 Å². The van der Waals surface area contributed by atoms with Gasteiger partial charge in [-0.05, 0) is 30.5 Å². The zero-order valence-corrected chi connectivity index (χ0v) is 11.5. The van der Waals surface area contributed by atoms with Crippen molar-refractivity contribution in [1.29, 1.82) is 0 Å². The third kappa shape index (κ3) is 3.37. The number of nitrogens with one attached hydrogen (secondary N) is 1. The number of rotatable bonds is 4. The minimum Gasteiger partial charge on any atom is -0.277 e. The summed E-state index contributed by atoms with van der Waals surface area (Å²) in [4.78, 5) is 11.7. The van der Waals surface area contributed by atoms with E-state index in [4.69, 9.17) is 23.2 Å². The zero-order chi connectivity index (χ0) is 13.0. The largest absolute Gasteiger partial charge is 0.277 e. The summed E-state index contributed by atoms with van der Waals surface area (Å²) in [6.07, 6.45) is 2.63. The van der Waals surface area contributed by atoms with Crippen molar-refractivity contribution in [2.45, 2.75) is 25.3 Å². The molecule has 0 aromatic heterocycles. The second kappa shape index (κ2) is 6.41. The van der Waals surface area contributed by atoms with E-state index in [0.717, 1.165) is 24.9 Å². The lowest BCUT2D eigenvalue weighted by Gasteiger charge is -2.31. The van der Waals surface area contributed by atoms with E-state index in [1.807, 2.05) is 24.3 Å². The number of amides is 1. The fraction of sp³-hybridized carbons (Fsp3) is 0.462. The maximum Gasteiger partial charge on any atom is 0.236 e. The molecule has 18 heavy (non-hydrogen) atoms. The van der Waals surface area contributed by atoms with Crippen LogP contribution in [0.2, 0.25) is 5.02 Å². The molecule has 0 saturated carbocycles. The van der Waals surface area contributed by atoms with Crippen molar-refractivity contribution in [2.24, 2.45) is 0 Å². The van der Waals surface area contributed by atoms with Gasteiger partial charge in [-0.15, -0.1) is 11.6 Å². The van der Waals surface area contributed by atoms with Crippen molar-refractivity contribution < 1.29 is 4.79 Å². The van der Waals surface area contributed by atoms with E-state index in [-0.39, 0.29) is 11.9 Å². The number of halogens is 2. The van der Waals surface area contributed by atoms with E-state index in [2.05, 4.69) is 5.43 Å². The lowest BCUT2D eigenvalue weighted by atomic mass is 10.1. The Morgan fingerprint density at radius 1 is 1.28 bits per heavy atom. The first-order chi connectivity index (χ1) is 8.70. The molecule has 1 aliphatic heterocycles. The molecule has 1 aromatic rings. The molecular weight excluding hydrogens is 271 g/mol. The Balaban J connectivity index is 2.04. The van der Waals surface area contributed by atoms with Gasteiger partial charge in [0.25, 0.3) is 0 Å². The molecule has 0 spiro atoms. The highest BCUT2D eigenvalue weighted by atomic mass is 35.5. The molecule has 3 nitrogen and oxygen atoms in total. The van der Waals surface area contributed by atoms with Crippen LogP contribution in [0.15, 0.2) is 24.3 Å². The lowest BCUT2D eigenvalue weighted by molar-refractivity contribution is -0.137. The van der Waals surface area contributed by atoms with Gasteiger partial charge in [0, 0.05) is 23.9 Å². The summed E-state index contributed by atoms with van der Waals surface area (Å²) < 4.78 is 0. The number of carbonyl (C=O) groups excluding carboxylic acids is 1. The number of alkyl halides is 1. The van der Waals surface area contributed by atoms with Crippen LogP contribution in [-0.2, 0) is 4.79 Å². The van der Waals surface area contributed by atoms with Crippen molar-refractivity contribution in [3.63, 3.8) is 0 Å². The zero-order valence-electron chi connectivity index (χ0n) is 10.0. The first-order valence-electron chi connectivity index (χ1n) is 6.08. The maximum absolute atomic E-state index is 11.7. The third-order valence-corrected chi connectivity index (χ3v) is 3.62. The quantitative estimate of drug-likeness (QED) is 0.863. The molecule has 1 atom stereocenters. The van der Waals surface area contributed by atoms with Crippen LogP contribution >= 0.6 is 23.2 Å². The minimum atomic E-state index is -0.0639. The predicted molar refractivity (Wildman–Crippen MR) is 73.6 cm³/mol. The standard InChI is InChI=1S/C13H16Cl2N2O/c14-9-12(10-4-6-11(15)7-5-10)16-17-8-2-1-3-13(17)18/h4-7,12,16H,1-3,8-9H2/t12-/m1/s1. The molecule has 2 rings (SSSR count). The number of hydrogen-bond donors (Lipinski definition) is 1. The molecule has 1 aromatic carbocycles. The third-order valence-electron chi connectivity index (χ3n) is 3.06. The molecule has 0 bridgehead atoms. The number of nitrogens with zero attached hydrogens (tertiary/aromatic N) is 1. The smallest absolute Gasteiger partial charge is 0.236 e. The van der Waals surface area contributed by atoms with Gasteiger partial charge in [0.2, 0.25) is 5.91 Å². The Bertz CT molecular complexity index is 408. The van der Waals surface area contributed by atoms with Crippen molar-refractivity contribution in [3.8, 4) is 0 Å². The van der Waals surface area contributed by atoms with E-state index in [1.54, 1.807) is 5.01 Å². The highest BCUT2D eigenvalue weighted by molar-refractivity contribution is 6.30. The van der Waals surface area contributed by atoms with Crippen LogP contribution < -0.4 is 5.43 Å². The van der Waals surface area contributed by atoms with Crippen molar-refractivity contribution in [2.75, 3.05) is 12.4 Å². The van der Waals surface area contributed by atoms with Crippen molar-refractivity contribution >= 4 is 29.1 Å². The monoisotopic (exact) mass is 286 g/mol. The molecule has 1 fully saturated rings. The van der Waals surface area contributed by atoms with Crippen molar-refractivity contribution in [1.82, 2.24) is 10.4 Å². The SMILES string of the molecule is O=C1CCCCN1N[C@H](CCl)c1ccc(Cl)cc1. The summed E-state index contributed by atoms with van der Waals surface area (Å²) in [6.45, 7) is 0.750. The van der Waals surface area contributed by atoms with Crippen LogP contribution in [0.3, 0.4) is 0 Å². The van der Waals surface area contributed by atoms with Crippen LogP contribution in [-0.4, -0.2) is 23.3 Å². The van der Waals surface area contributed by atoms with Gasteiger partial charge in [-0.3, -0.25) is 9.80 Å². The van der Waals surface area contributed by atoms with E-state index in [0.29, 0.717) is 17.3 Å². The number of piperidine rings is 1.